The lowest BCUT2D eigenvalue weighted by Gasteiger charge is -2.12. The largest absolute Gasteiger partial charge is 0.383 e. The van der Waals surface area contributed by atoms with E-state index >= 15 is 0 Å². The first kappa shape index (κ1) is 18.3. The van der Waals surface area contributed by atoms with Crippen molar-refractivity contribution >= 4 is 17.7 Å². The Labute approximate surface area is 144 Å². The fraction of sp³-hybridized carbons (Fsp3) is 0.438. The summed E-state index contributed by atoms with van der Waals surface area (Å²) in [5.74, 6) is 0.0820. The molecule has 0 bridgehead atoms. The zero-order valence-corrected chi connectivity index (χ0v) is 14.6. The van der Waals surface area contributed by atoms with Crippen molar-refractivity contribution in [1.29, 1.82) is 0 Å². The predicted octanol–water partition coefficient (Wildman–Crippen LogP) is 1.06. The molecule has 1 aromatic carbocycles. The maximum Gasteiger partial charge on any atom is 0.343 e. The van der Waals surface area contributed by atoms with Crippen LogP contribution in [-0.2, 0) is 22.5 Å². The lowest BCUT2D eigenvalue weighted by Crippen LogP contribution is -2.36. The van der Waals surface area contributed by atoms with Gasteiger partial charge >= 0.3 is 5.69 Å². The fourth-order valence-corrected chi connectivity index (χ4v) is 3.02. The number of amides is 1. The summed E-state index contributed by atoms with van der Waals surface area (Å²) in [7, 11) is 1.59. The molecule has 1 heterocycles. The van der Waals surface area contributed by atoms with Gasteiger partial charge in [-0.1, -0.05) is 42.1 Å². The number of thioether (sulfide) groups is 1. The normalized spacial score (nSPS) is 12.1. The molecule has 1 aromatic heterocycles. The zero-order valence-electron chi connectivity index (χ0n) is 13.8. The van der Waals surface area contributed by atoms with E-state index in [1.807, 2.05) is 37.3 Å². The average molecular weight is 350 g/mol. The van der Waals surface area contributed by atoms with E-state index in [0.29, 0.717) is 18.3 Å². The Morgan fingerprint density at radius 2 is 2.17 bits per heavy atom. The first-order chi connectivity index (χ1) is 11.6. The number of aromatic nitrogens is 3. The quantitative estimate of drug-likeness (QED) is 0.660. The van der Waals surface area contributed by atoms with Crippen molar-refractivity contribution in [3.8, 4) is 0 Å². The van der Waals surface area contributed by atoms with Gasteiger partial charge in [0.2, 0.25) is 5.91 Å². The van der Waals surface area contributed by atoms with Crippen LogP contribution in [0.3, 0.4) is 0 Å². The van der Waals surface area contributed by atoms with Crippen LogP contribution in [0.15, 0.2) is 40.3 Å². The Morgan fingerprint density at radius 3 is 2.88 bits per heavy atom. The second-order valence-corrected chi connectivity index (χ2v) is 6.35. The highest BCUT2D eigenvalue weighted by Gasteiger charge is 2.13. The van der Waals surface area contributed by atoms with Gasteiger partial charge in [0.15, 0.2) is 5.16 Å². The molecule has 8 heteroatoms. The Kier molecular flexibility index (Phi) is 7.07. The number of nitrogens with one attached hydrogen (secondary N) is 2. The van der Waals surface area contributed by atoms with Crippen LogP contribution in [0.1, 0.15) is 12.5 Å². The second-order valence-electron chi connectivity index (χ2n) is 5.41. The van der Waals surface area contributed by atoms with Gasteiger partial charge in [-0.3, -0.25) is 9.36 Å². The van der Waals surface area contributed by atoms with Gasteiger partial charge in [-0.25, -0.2) is 9.89 Å². The zero-order chi connectivity index (χ0) is 17.4. The molecule has 0 aliphatic carbocycles. The number of ether oxygens (including phenoxy) is 1. The summed E-state index contributed by atoms with van der Waals surface area (Å²) in [6, 6.07) is 9.87. The molecule has 24 heavy (non-hydrogen) atoms. The molecule has 1 amide bonds. The predicted molar refractivity (Wildman–Crippen MR) is 93.2 cm³/mol. The van der Waals surface area contributed by atoms with Crippen molar-refractivity contribution in [3.05, 3.63) is 46.4 Å². The second kappa shape index (κ2) is 9.29. The Morgan fingerprint density at radius 1 is 1.42 bits per heavy atom. The van der Waals surface area contributed by atoms with Crippen molar-refractivity contribution in [2.24, 2.45) is 0 Å². The summed E-state index contributed by atoms with van der Waals surface area (Å²) in [4.78, 5) is 23.8. The minimum Gasteiger partial charge on any atom is -0.383 e. The van der Waals surface area contributed by atoms with Crippen LogP contribution < -0.4 is 11.0 Å². The number of rotatable bonds is 9. The van der Waals surface area contributed by atoms with E-state index in [-0.39, 0.29) is 23.4 Å². The fourth-order valence-electron chi connectivity index (χ4n) is 2.23. The van der Waals surface area contributed by atoms with Crippen LogP contribution in [0.4, 0.5) is 0 Å². The van der Waals surface area contributed by atoms with Crippen LogP contribution in [0, 0.1) is 0 Å². The van der Waals surface area contributed by atoms with Gasteiger partial charge in [-0.05, 0) is 18.9 Å². The molecule has 2 N–H and O–H groups in total. The molecule has 7 nitrogen and oxygen atoms in total. The van der Waals surface area contributed by atoms with E-state index in [4.69, 9.17) is 4.74 Å². The number of hydrogen-bond donors (Lipinski definition) is 2. The molecule has 0 fully saturated rings. The summed E-state index contributed by atoms with van der Waals surface area (Å²) in [6.45, 7) is 2.85. The molecule has 0 saturated carbocycles. The highest BCUT2D eigenvalue weighted by atomic mass is 32.2. The first-order valence-corrected chi connectivity index (χ1v) is 8.69. The lowest BCUT2D eigenvalue weighted by molar-refractivity contribution is -0.119. The molecule has 0 spiro atoms. The molecule has 0 aliphatic rings. The van der Waals surface area contributed by atoms with E-state index in [0.717, 1.165) is 12.0 Å². The minimum absolute atomic E-state index is 0.0532. The van der Waals surface area contributed by atoms with Crippen LogP contribution in [0.2, 0.25) is 0 Å². The lowest BCUT2D eigenvalue weighted by atomic mass is 10.1. The van der Waals surface area contributed by atoms with Gasteiger partial charge < -0.3 is 10.1 Å². The number of hydrogen-bond acceptors (Lipinski definition) is 5. The third-order valence-corrected chi connectivity index (χ3v) is 4.32. The van der Waals surface area contributed by atoms with E-state index in [1.54, 1.807) is 11.7 Å². The highest BCUT2D eigenvalue weighted by molar-refractivity contribution is 7.99. The highest BCUT2D eigenvalue weighted by Crippen LogP contribution is 2.13. The molecule has 2 rings (SSSR count). The SMILES string of the molecule is COCC(C)NC(=O)CSc1n[nH]c(=O)n1CCc1ccccc1. The number of carbonyl (C=O) groups excluding carboxylic acids is 1. The molecule has 1 unspecified atom stereocenters. The van der Waals surface area contributed by atoms with Gasteiger partial charge in [0.1, 0.15) is 0 Å². The minimum atomic E-state index is -0.262. The number of nitrogens with zero attached hydrogens (tertiary/aromatic N) is 2. The van der Waals surface area contributed by atoms with E-state index in [2.05, 4.69) is 15.5 Å². The first-order valence-electron chi connectivity index (χ1n) is 7.70. The molecule has 1 atom stereocenters. The maximum atomic E-state index is 11.9. The number of aromatic amines is 1. The van der Waals surface area contributed by atoms with Crippen molar-refractivity contribution < 1.29 is 9.53 Å². The third-order valence-electron chi connectivity index (χ3n) is 3.35. The molecule has 0 saturated heterocycles. The number of aryl methyl sites for hydroxylation is 1. The van der Waals surface area contributed by atoms with Crippen molar-refractivity contribution in [2.45, 2.75) is 31.1 Å². The summed E-state index contributed by atoms with van der Waals surface area (Å²) in [5.41, 5.74) is 0.884. The number of benzene rings is 1. The monoisotopic (exact) mass is 350 g/mol. The Bertz CT molecular complexity index is 699. The standard InChI is InChI=1S/C16H22N4O3S/c1-12(10-23-2)17-14(21)11-24-16-19-18-15(22)20(16)9-8-13-6-4-3-5-7-13/h3-7,12H,8-11H2,1-2H3,(H,17,21)(H,18,22). The number of methoxy groups -OCH3 is 1. The average Bonchev–Trinajstić information content (AvgIpc) is 2.92. The van der Waals surface area contributed by atoms with Crippen LogP contribution in [-0.4, -0.2) is 46.2 Å². The van der Waals surface area contributed by atoms with Gasteiger partial charge in [-0.2, -0.15) is 0 Å². The molecule has 130 valence electrons. The van der Waals surface area contributed by atoms with Crippen LogP contribution >= 0.6 is 11.8 Å². The van der Waals surface area contributed by atoms with E-state index < -0.39 is 0 Å². The van der Waals surface area contributed by atoms with Gasteiger partial charge in [-0.15, -0.1) is 5.10 Å². The summed E-state index contributed by atoms with van der Waals surface area (Å²) < 4.78 is 6.54. The molecular weight excluding hydrogens is 328 g/mol. The van der Waals surface area contributed by atoms with Gasteiger partial charge in [0, 0.05) is 19.7 Å². The molecule has 0 radical (unpaired) electrons. The summed E-state index contributed by atoms with van der Waals surface area (Å²) >= 11 is 1.24. The number of H-pyrrole nitrogens is 1. The van der Waals surface area contributed by atoms with Crippen LogP contribution in [0.25, 0.3) is 0 Å². The summed E-state index contributed by atoms with van der Waals surface area (Å²) in [5, 5.41) is 9.79. The molecular formula is C16H22N4O3S. The van der Waals surface area contributed by atoms with Gasteiger partial charge in [0.05, 0.1) is 12.4 Å². The van der Waals surface area contributed by atoms with E-state index in [9.17, 15) is 9.59 Å². The van der Waals surface area contributed by atoms with Gasteiger partial charge in [0.25, 0.3) is 0 Å². The molecule has 0 aliphatic heterocycles. The maximum absolute atomic E-state index is 11.9. The Balaban J connectivity index is 1.90. The van der Waals surface area contributed by atoms with Crippen molar-refractivity contribution in [1.82, 2.24) is 20.1 Å². The third kappa shape index (κ3) is 5.54. The van der Waals surface area contributed by atoms with Crippen molar-refractivity contribution in [2.75, 3.05) is 19.5 Å². The Hall–Kier alpha value is -2.06. The van der Waals surface area contributed by atoms with Crippen molar-refractivity contribution in [3.63, 3.8) is 0 Å². The molecule has 2 aromatic rings. The number of carbonyl (C=O) groups is 1. The topological polar surface area (TPSA) is 89.0 Å². The summed E-state index contributed by atoms with van der Waals surface area (Å²) in [6.07, 6.45) is 0.727. The van der Waals surface area contributed by atoms with E-state index in [1.165, 1.54) is 11.8 Å². The smallest absolute Gasteiger partial charge is 0.343 e. The van der Waals surface area contributed by atoms with Crippen LogP contribution in [0.5, 0.6) is 0 Å².